The number of thioether (sulfide) groups is 2. The fraction of sp³-hybridized carbons (Fsp3) is 0.846. The fourth-order valence-corrected chi connectivity index (χ4v) is 3.21. The van der Waals surface area contributed by atoms with Crippen LogP contribution in [0.15, 0.2) is 0 Å². The van der Waals surface area contributed by atoms with Crippen LogP contribution in [0, 0.1) is 11.8 Å². The van der Waals surface area contributed by atoms with E-state index in [9.17, 15) is 9.59 Å². The van der Waals surface area contributed by atoms with Crippen LogP contribution in [-0.4, -0.2) is 28.7 Å². The first-order valence-electron chi connectivity index (χ1n) is 6.12. The maximum atomic E-state index is 11.7. The molecule has 0 spiro atoms. The first kappa shape index (κ1) is 17.0. The van der Waals surface area contributed by atoms with Crippen LogP contribution in [0.5, 0.6) is 0 Å². The number of ketones is 2. The van der Waals surface area contributed by atoms with Crippen LogP contribution in [0.1, 0.15) is 40.0 Å². The van der Waals surface area contributed by atoms with Gasteiger partial charge in [-0.1, -0.05) is 13.8 Å². The monoisotopic (exact) mass is 276 g/mol. The van der Waals surface area contributed by atoms with Crippen LogP contribution < -0.4 is 0 Å². The highest BCUT2D eigenvalue weighted by Crippen LogP contribution is 2.19. The number of carbonyl (C=O) groups is 2. The summed E-state index contributed by atoms with van der Waals surface area (Å²) < 4.78 is 0. The second-order valence-corrected chi connectivity index (χ2v) is 6.66. The Morgan fingerprint density at radius 2 is 1.94 bits per heavy atom. The molecule has 2 nitrogen and oxygen atoms in total. The summed E-state index contributed by atoms with van der Waals surface area (Å²) in [5, 5.41) is 1.02. The minimum atomic E-state index is 0.0557. The molecule has 0 saturated carbocycles. The quantitative estimate of drug-likeness (QED) is 0.450. The van der Waals surface area contributed by atoms with Crippen molar-refractivity contribution in [2.75, 3.05) is 17.1 Å². The first-order valence-corrected chi connectivity index (χ1v) is 8.67. The Balaban J connectivity index is 4.00. The Morgan fingerprint density at radius 3 is 2.41 bits per heavy atom. The zero-order chi connectivity index (χ0) is 13.3. The second kappa shape index (κ2) is 10.0. The van der Waals surface area contributed by atoms with E-state index in [1.165, 1.54) is 0 Å². The van der Waals surface area contributed by atoms with Gasteiger partial charge in [-0.15, -0.1) is 0 Å². The molecule has 4 heteroatoms. The van der Waals surface area contributed by atoms with E-state index in [0.29, 0.717) is 12.2 Å². The van der Waals surface area contributed by atoms with Crippen molar-refractivity contribution in [3.8, 4) is 0 Å². The summed E-state index contributed by atoms with van der Waals surface area (Å²) in [5.41, 5.74) is 0. The van der Waals surface area contributed by atoms with Crippen LogP contribution in [0.2, 0.25) is 0 Å². The fourth-order valence-electron chi connectivity index (χ4n) is 1.47. The van der Waals surface area contributed by atoms with Gasteiger partial charge >= 0.3 is 0 Å². The molecule has 0 aromatic carbocycles. The van der Waals surface area contributed by atoms with E-state index in [1.807, 2.05) is 13.8 Å². The van der Waals surface area contributed by atoms with Crippen LogP contribution in [0.25, 0.3) is 0 Å². The van der Waals surface area contributed by atoms with E-state index in [1.54, 1.807) is 30.4 Å². The normalized spacial score (nSPS) is 14.4. The van der Waals surface area contributed by atoms with Crippen molar-refractivity contribution in [2.24, 2.45) is 11.8 Å². The average molecular weight is 276 g/mol. The van der Waals surface area contributed by atoms with Gasteiger partial charge in [-0.05, 0) is 26.0 Å². The highest BCUT2D eigenvalue weighted by molar-refractivity contribution is 8.15. The van der Waals surface area contributed by atoms with Gasteiger partial charge in [-0.2, -0.15) is 23.5 Å². The molecule has 0 aliphatic carbocycles. The molecule has 0 bridgehead atoms. The van der Waals surface area contributed by atoms with Crippen molar-refractivity contribution in [3.05, 3.63) is 0 Å². The third kappa shape index (κ3) is 7.87. The molecular weight excluding hydrogens is 252 g/mol. The van der Waals surface area contributed by atoms with Gasteiger partial charge in [0, 0.05) is 29.1 Å². The third-order valence-electron chi connectivity index (χ3n) is 3.00. The van der Waals surface area contributed by atoms with E-state index in [2.05, 4.69) is 6.26 Å². The molecule has 0 aliphatic rings. The molecule has 0 aromatic heterocycles. The Bertz CT molecular complexity index is 242. The van der Waals surface area contributed by atoms with E-state index in [4.69, 9.17) is 0 Å². The molecule has 0 radical (unpaired) electrons. The van der Waals surface area contributed by atoms with Crippen LogP contribution >= 0.6 is 23.5 Å². The molecule has 17 heavy (non-hydrogen) atoms. The molecule has 100 valence electrons. The van der Waals surface area contributed by atoms with Crippen LogP contribution in [0.3, 0.4) is 0 Å². The summed E-state index contributed by atoms with van der Waals surface area (Å²) in [5.74, 6) is 1.56. The Morgan fingerprint density at radius 1 is 1.29 bits per heavy atom. The van der Waals surface area contributed by atoms with E-state index < -0.39 is 0 Å². The Kier molecular flexibility index (Phi) is 10.0. The maximum Gasteiger partial charge on any atom is 0.135 e. The molecule has 0 aliphatic heterocycles. The van der Waals surface area contributed by atoms with Gasteiger partial charge in [0.25, 0.3) is 0 Å². The van der Waals surface area contributed by atoms with Crippen molar-refractivity contribution in [1.29, 1.82) is 0 Å². The largest absolute Gasteiger partial charge is 0.300 e. The van der Waals surface area contributed by atoms with Crippen molar-refractivity contribution in [2.45, 2.75) is 40.0 Å². The molecule has 0 heterocycles. The minimum absolute atomic E-state index is 0.0557. The highest BCUT2D eigenvalue weighted by atomic mass is 32.2. The number of carbonyl (C=O) groups excluding carboxylic acids is 2. The van der Waals surface area contributed by atoms with Crippen molar-refractivity contribution >= 4 is 35.1 Å². The molecule has 0 amide bonds. The number of hydrogen-bond donors (Lipinski definition) is 0. The van der Waals surface area contributed by atoms with Crippen molar-refractivity contribution < 1.29 is 9.59 Å². The predicted molar refractivity (Wildman–Crippen MR) is 78.7 cm³/mol. The van der Waals surface area contributed by atoms with Gasteiger partial charge in [0.05, 0.1) is 0 Å². The van der Waals surface area contributed by atoms with Crippen molar-refractivity contribution in [3.63, 3.8) is 0 Å². The van der Waals surface area contributed by atoms with E-state index >= 15 is 0 Å². The van der Waals surface area contributed by atoms with Gasteiger partial charge in [-0.3, -0.25) is 9.59 Å². The highest BCUT2D eigenvalue weighted by Gasteiger charge is 2.18. The number of hydrogen-bond acceptors (Lipinski definition) is 4. The minimum Gasteiger partial charge on any atom is -0.300 e. The van der Waals surface area contributed by atoms with E-state index in [-0.39, 0.29) is 17.6 Å². The number of rotatable bonds is 10. The zero-order valence-electron chi connectivity index (χ0n) is 11.3. The molecule has 0 rings (SSSR count). The Hall–Kier alpha value is 0.0400. The van der Waals surface area contributed by atoms with Gasteiger partial charge in [0.1, 0.15) is 11.6 Å². The van der Waals surface area contributed by atoms with Gasteiger partial charge in [0.15, 0.2) is 0 Å². The van der Waals surface area contributed by atoms with Crippen LogP contribution in [-0.2, 0) is 9.59 Å². The maximum absolute atomic E-state index is 11.7. The summed E-state index contributed by atoms with van der Waals surface area (Å²) in [4.78, 5) is 23.2. The standard InChI is InChI=1S/C13H24O2S2/c1-5-10(2)13(15)7-6-12(11(3)14)8-17-9-16-4/h10,12H,5-9H2,1-4H3/t10-,12+/m1/s1. The smallest absolute Gasteiger partial charge is 0.135 e. The lowest BCUT2D eigenvalue weighted by Crippen LogP contribution is -2.18. The van der Waals surface area contributed by atoms with Gasteiger partial charge < -0.3 is 0 Å². The SMILES string of the molecule is CC[C@@H](C)C(=O)CC[C@@H](CSCSC)C(C)=O. The molecule has 0 unspecified atom stereocenters. The molecule has 0 saturated heterocycles. The average Bonchev–Trinajstić information content (AvgIpc) is 2.31. The molecule has 0 fully saturated rings. The third-order valence-corrected chi connectivity index (χ3v) is 5.24. The summed E-state index contributed by atoms with van der Waals surface area (Å²) in [6.45, 7) is 5.63. The Labute approximate surface area is 114 Å². The lowest BCUT2D eigenvalue weighted by molar-refractivity contribution is -0.123. The number of Topliss-reactive ketones (excluding diaryl/α,β-unsaturated/α-hetero) is 2. The predicted octanol–water partition coefficient (Wildman–Crippen LogP) is 3.64. The summed E-state index contributed by atoms with van der Waals surface area (Å²) in [7, 11) is 0. The lowest BCUT2D eigenvalue weighted by Gasteiger charge is -2.14. The topological polar surface area (TPSA) is 34.1 Å². The lowest BCUT2D eigenvalue weighted by atomic mass is 9.94. The molecular formula is C13H24O2S2. The zero-order valence-corrected chi connectivity index (χ0v) is 13.0. The van der Waals surface area contributed by atoms with Crippen molar-refractivity contribution in [1.82, 2.24) is 0 Å². The summed E-state index contributed by atoms with van der Waals surface area (Å²) in [6, 6.07) is 0. The second-order valence-electron chi connectivity index (χ2n) is 4.40. The first-order chi connectivity index (χ1) is 8.02. The van der Waals surface area contributed by atoms with Crippen LogP contribution in [0.4, 0.5) is 0 Å². The van der Waals surface area contributed by atoms with E-state index in [0.717, 1.165) is 23.7 Å². The summed E-state index contributed by atoms with van der Waals surface area (Å²) in [6.07, 6.45) is 4.23. The van der Waals surface area contributed by atoms with Gasteiger partial charge in [-0.25, -0.2) is 0 Å². The summed E-state index contributed by atoms with van der Waals surface area (Å²) >= 11 is 3.56. The molecule has 0 aromatic rings. The molecule has 2 atom stereocenters. The van der Waals surface area contributed by atoms with Gasteiger partial charge in [0.2, 0.25) is 0 Å². The molecule has 0 N–H and O–H groups in total.